The van der Waals surface area contributed by atoms with Gasteiger partial charge in [0.05, 0.1) is 15.7 Å². The minimum absolute atomic E-state index is 0.518. The van der Waals surface area contributed by atoms with Gasteiger partial charge in [0.1, 0.15) is 10.4 Å². The Labute approximate surface area is 123 Å². The quantitative estimate of drug-likeness (QED) is 0.709. The Balaban J connectivity index is 2.07. The third kappa shape index (κ3) is 2.53. The fraction of sp³-hybridized carbons (Fsp3) is 0.231. The molecule has 2 aromatic rings. The van der Waals surface area contributed by atoms with Gasteiger partial charge in [0.15, 0.2) is 0 Å². The molecule has 1 heterocycles. The van der Waals surface area contributed by atoms with E-state index in [-0.39, 0.29) is 0 Å². The molecule has 0 amide bonds. The van der Waals surface area contributed by atoms with Crippen LogP contribution >= 0.6 is 39.1 Å². The fourth-order valence-corrected chi connectivity index (χ4v) is 2.46. The van der Waals surface area contributed by atoms with Crippen molar-refractivity contribution >= 4 is 39.1 Å². The monoisotopic (exact) mass is 342 g/mol. The Morgan fingerprint density at radius 3 is 2.50 bits per heavy atom. The lowest BCUT2D eigenvalue weighted by Crippen LogP contribution is -1.95. The molecule has 92 valence electrons. The van der Waals surface area contributed by atoms with Crippen LogP contribution in [-0.2, 0) is 0 Å². The number of hydrogen-bond donors (Lipinski definition) is 0. The summed E-state index contributed by atoms with van der Waals surface area (Å²) < 4.78 is 0.806. The summed E-state index contributed by atoms with van der Waals surface area (Å²) in [7, 11) is 0. The Hall–Kier alpha value is -0.640. The topological polar surface area (TPSA) is 25.8 Å². The SMILES string of the molecule is Clc1ccc(-c2cc(Br)nc(C3CC3)n2)cc1Cl. The summed E-state index contributed by atoms with van der Waals surface area (Å²) in [5.41, 5.74) is 1.83. The van der Waals surface area contributed by atoms with Crippen LogP contribution in [0.15, 0.2) is 28.9 Å². The molecule has 0 saturated heterocycles. The van der Waals surface area contributed by atoms with E-state index in [9.17, 15) is 0 Å². The Kier molecular flexibility index (Phi) is 3.31. The van der Waals surface area contributed by atoms with Crippen LogP contribution in [0.5, 0.6) is 0 Å². The van der Waals surface area contributed by atoms with Crippen molar-refractivity contribution in [3.05, 3.63) is 44.7 Å². The van der Waals surface area contributed by atoms with E-state index in [1.807, 2.05) is 18.2 Å². The average molecular weight is 344 g/mol. The van der Waals surface area contributed by atoms with Crippen molar-refractivity contribution in [2.75, 3.05) is 0 Å². The van der Waals surface area contributed by atoms with Gasteiger partial charge >= 0.3 is 0 Å². The number of benzene rings is 1. The van der Waals surface area contributed by atoms with Crippen molar-refractivity contribution in [3.63, 3.8) is 0 Å². The Morgan fingerprint density at radius 1 is 1.06 bits per heavy atom. The molecule has 0 unspecified atom stereocenters. The van der Waals surface area contributed by atoms with Crippen LogP contribution in [0.1, 0.15) is 24.6 Å². The summed E-state index contributed by atoms with van der Waals surface area (Å²) in [6, 6.07) is 7.42. The third-order valence-corrected chi connectivity index (χ3v) is 4.02. The zero-order chi connectivity index (χ0) is 12.7. The second-order valence-electron chi connectivity index (χ2n) is 4.34. The molecule has 3 rings (SSSR count). The highest BCUT2D eigenvalue weighted by atomic mass is 79.9. The minimum Gasteiger partial charge on any atom is -0.233 e. The van der Waals surface area contributed by atoms with Crippen LogP contribution < -0.4 is 0 Å². The zero-order valence-electron chi connectivity index (χ0n) is 9.33. The van der Waals surface area contributed by atoms with Crippen molar-refractivity contribution < 1.29 is 0 Å². The van der Waals surface area contributed by atoms with E-state index in [1.54, 1.807) is 6.07 Å². The molecule has 1 aromatic heterocycles. The maximum absolute atomic E-state index is 6.03. The Bertz CT molecular complexity index is 612. The molecule has 0 radical (unpaired) electrons. The van der Waals surface area contributed by atoms with E-state index in [2.05, 4.69) is 25.9 Å². The normalized spacial score (nSPS) is 14.8. The number of halogens is 3. The molecule has 1 aliphatic rings. The highest BCUT2D eigenvalue weighted by Crippen LogP contribution is 2.39. The van der Waals surface area contributed by atoms with E-state index in [0.29, 0.717) is 16.0 Å². The summed E-state index contributed by atoms with van der Waals surface area (Å²) >= 11 is 15.4. The number of hydrogen-bond acceptors (Lipinski definition) is 2. The van der Waals surface area contributed by atoms with Crippen molar-refractivity contribution in [2.24, 2.45) is 0 Å². The summed E-state index contributed by atoms with van der Waals surface area (Å²) in [6.45, 7) is 0. The molecule has 1 aromatic carbocycles. The van der Waals surface area contributed by atoms with Crippen molar-refractivity contribution in [3.8, 4) is 11.3 Å². The first kappa shape index (κ1) is 12.4. The number of aromatic nitrogens is 2. The van der Waals surface area contributed by atoms with Crippen LogP contribution in [0.3, 0.4) is 0 Å². The predicted octanol–water partition coefficient (Wildman–Crippen LogP) is 5.09. The second-order valence-corrected chi connectivity index (χ2v) is 5.96. The highest BCUT2D eigenvalue weighted by molar-refractivity contribution is 9.10. The molecule has 1 saturated carbocycles. The largest absolute Gasteiger partial charge is 0.233 e. The van der Waals surface area contributed by atoms with E-state index >= 15 is 0 Å². The van der Waals surface area contributed by atoms with Crippen LogP contribution in [0.4, 0.5) is 0 Å². The smallest absolute Gasteiger partial charge is 0.133 e. The predicted molar refractivity (Wildman–Crippen MR) is 77.2 cm³/mol. The summed E-state index contributed by atoms with van der Waals surface area (Å²) in [5, 5.41) is 1.09. The van der Waals surface area contributed by atoms with Gasteiger partial charge in [-0.2, -0.15) is 0 Å². The summed E-state index contributed by atoms with van der Waals surface area (Å²) in [4.78, 5) is 9.00. The van der Waals surface area contributed by atoms with Crippen molar-refractivity contribution in [1.29, 1.82) is 0 Å². The van der Waals surface area contributed by atoms with E-state index in [4.69, 9.17) is 23.2 Å². The maximum Gasteiger partial charge on any atom is 0.133 e. The van der Waals surface area contributed by atoms with Crippen LogP contribution in [-0.4, -0.2) is 9.97 Å². The first-order valence-electron chi connectivity index (χ1n) is 5.63. The van der Waals surface area contributed by atoms with Crippen molar-refractivity contribution in [1.82, 2.24) is 9.97 Å². The molecule has 0 bridgehead atoms. The molecular weight excluding hydrogens is 335 g/mol. The lowest BCUT2D eigenvalue weighted by molar-refractivity contribution is 0.919. The molecule has 1 fully saturated rings. The van der Waals surface area contributed by atoms with Gasteiger partial charge in [0.25, 0.3) is 0 Å². The van der Waals surface area contributed by atoms with Gasteiger partial charge in [-0.3, -0.25) is 0 Å². The van der Waals surface area contributed by atoms with E-state index in [1.165, 1.54) is 12.8 Å². The van der Waals surface area contributed by atoms with E-state index < -0.39 is 0 Å². The maximum atomic E-state index is 6.03. The first-order chi connectivity index (χ1) is 8.63. The van der Waals surface area contributed by atoms with E-state index in [0.717, 1.165) is 21.7 Å². The molecule has 0 spiro atoms. The third-order valence-electron chi connectivity index (χ3n) is 2.87. The average Bonchev–Trinajstić information content (AvgIpc) is 3.16. The minimum atomic E-state index is 0.518. The van der Waals surface area contributed by atoms with Crippen LogP contribution in [0.2, 0.25) is 10.0 Å². The molecule has 5 heteroatoms. The zero-order valence-corrected chi connectivity index (χ0v) is 12.4. The first-order valence-corrected chi connectivity index (χ1v) is 7.18. The van der Waals surface area contributed by atoms with Crippen molar-refractivity contribution in [2.45, 2.75) is 18.8 Å². The van der Waals surface area contributed by atoms with Gasteiger partial charge in [-0.25, -0.2) is 9.97 Å². The Morgan fingerprint density at radius 2 is 1.83 bits per heavy atom. The van der Waals surface area contributed by atoms with Gasteiger partial charge in [-0.1, -0.05) is 29.3 Å². The lowest BCUT2D eigenvalue weighted by atomic mass is 10.1. The number of nitrogens with zero attached hydrogens (tertiary/aromatic N) is 2. The van der Waals surface area contributed by atoms with Gasteiger partial charge in [-0.15, -0.1) is 0 Å². The second kappa shape index (κ2) is 4.80. The number of rotatable bonds is 2. The molecule has 0 atom stereocenters. The summed E-state index contributed by atoms with van der Waals surface area (Å²) in [5.74, 6) is 1.43. The lowest BCUT2D eigenvalue weighted by Gasteiger charge is -2.06. The van der Waals surface area contributed by atoms with Gasteiger partial charge < -0.3 is 0 Å². The fourth-order valence-electron chi connectivity index (χ4n) is 1.76. The summed E-state index contributed by atoms with van der Waals surface area (Å²) in [6.07, 6.45) is 2.36. The van der Waals surface area contributed by atoms with Crippen LogP contribution in [0, 0.1) is 0 Å². The molecule has 18 heavy (non-hydrogen) atoms. The molecular formula is C13H9BrCl2N2. The molecule has 0 N–H and O–H groups in total. The molecule has 1 aliphatic carbocycles. The van der Waals surface area contributed by atoms with Crippen LogP contribution in [0.25, 0.3) is 11.3 Å². The van der Waals surface area contributed by atoms with Gasteiger partial charge in [-0.05, 0) is 47.0 Å². The standard InChI is InChI=1S/C13H9BrCl2N2/c14-12-6-11(17-13(18-12)7-1-2-7)8-3-4-9(15)10(16)5-8/h3-7H,1-2H2. The molecule has 0 aliphatic heterocycles. The molecule has 2 nitrogen and oxygen atoms in total. The van der Waals surface area contributed by atoms with Gasteiger partial charge in [0, 0.05) is 11.5 Å². The van der Waals surface area contributed by atoms with Gasteiger partial charge in [0.2, 0.25) is 0 Å². The highest BCUT2D eigenvalue weighted by Gasteiger charge is 2.27.